The maximum absolute atomic E-state index is 12.7. The summed E-state index contributed by atoms with van der Waals surface area (Å²) in [4.78, 5) is 17.7. The lowest BCUT2D eigenvalue weighted by Crippen LogP contribution is -2.13. The first kappa shape index (κ1) is 18.2. The number of rotatable bonds is 4. The largest absolute Gasteiger partial charge is 0.495 e. The highest BCUT2D eigenvalue weighted by molar-refractivity contribution is 7.16. The first-order valence-electron chi connectivity index (χ1n) is 9.00. The Kier molecular flexibility index (Phi) is 5.08. The molecule has 0 atom stereocenters. The highest BCUT2D eigenvalue weighted by Gasteiger charge is 2.10. The van der Waals surface area contributed by atoms with Crippen LogP contribution in [0.3, 0.4) is 0 Å². The number of benzene rings is 3. The van der Waals surface area contributed by atoms with Crippen molar-refractivity contribution in [3.05, 3.63) is 94.3 Å². The molecule has 1 heterocycles. The molecule has 5 heteroatoms. The van der Waals surface area contributed by atoms with Crippen molar-refractivity contribution in [2.75, 3.05) is 7.11 Å². The van der Waals surface area contributed by atoms with Gasteiger partial charge in [-0.15, -0.1) is 0 Å². The minimum Gasteiger partial charge on any atom is -0.495 e. The van der Waals surface area contributed by atoms with E-state index in [0.29, 0.717) is 10.4 Å². The van der Waals surface area contributed by atoms with Crippen molar-refractivity contribution < 1.29 is 9.53 Å². The molecular formula is C23H20N2O2S. The third-order valence-electron chi connectivity index (χ3n) is 4.65. The molecule has 0 spiro atoms. The first-order chi connectivity index (χ1) is 13.7. The first-order valence-corrected chi connectivity index (χ1v) is 9.82. The van der Waals surface area contributed by atoms with Crippen LogP contribution in [0.4, 0.5) is 0 Å². The van der Waals surface area contributed by atoms with Crippen molar-refractivity contribution >= 4 is 27.5 Å². The Hall–Kier alpha value is -3.18. The van der Waals surface area contributed by atoms with Crippen LogP contribution >= 0.6 is 11.3 Å². The Morgan fingerprint density at radius 3 is 2.39 bits per heavy atom. The third kappa shape index (κ3) is 3.62. The predicted molar refractivity (Wildman–Crippen MR) is 113 cm³/mol. The minimum absolute atomic E-state index is 0.243. The number of hydrogen-bond donors (Lipinski definition) is 0. The van der Waals surface area contributed by atoms with Crippen molar-refractivity contribution in [3.63, 3.8) is 0 Å². The predicted octanol–water partition coefficient (Wildman–Crippen LogP) is 4.58. The van der Waals surface area contributed by atoms with Crippen LogP contribution < -0.4 is 9.54 Å². The average molecular weight is 388 g/mol. The highest BCUT2D eigenvalue weighted by atomic mass is 32.1. The van der Waals surface area contributed by atoms with Crippen LogP contribution in [-0.4, -0.2) is 17.6 Å². The number of methoxy groups -OCH3 is 1. The average Bonchev–Trinajstić information content (AvgIpc) is 3.05. The van der Waals surface area contributed by atoms with Gasteiger partial charge in [-0.3, -0.25) is 4.79 Å². The Balaban J connectivity index is 1.61. The molecule has 1 aromatic heterocycles. The number of aromatic nitrogens is 1. The molecule has 0 radical (unpaired) electrons. The third-order valence-corrected chi connectivity index (χ3v) is 5.75. The van der Waals surface area contributed by atoms with Gasteiger partial charge in [0, 0.05) is 12.6 Å². The Morgan fingerprint density at radius 1 is 0.964 bits per heavy atom. The molecule has 0 unspecified atom stereocenters. The number of ether oxygens (including phenoxy) is 1. The molecule has 0 saturated heterocycles. The SMILES string of the molecule is COc1cccc2sc(=NC(=O)c3ccc(Cc4ccccc4)cc3)n(C)c12. The second kappa shape index (κ2) is 7.82. The van der Waals surface area contributed by atoms with Crippen LogP contribution in [-0.2, 0) is 13.5 Å². The van der Waals surface area contributed by atoms with E-state index in [9.17, 15) is 4.79 Å². The van der Waals surface area contributed by atoms with Crippen molar-refractivity contribution in [1.29, 1.82) is 0 Å². The normalized spacial score (nSPS) is 11.7. The number of fused-ring (bicyclic) bond motifs is 1. The van der Waals surface area contributed by atoms with Crippen LogP contribution in [0.15, 0.2) is 77.8 Å². The number of aryl methyl sites for hydroxylation is 1. The lowest BCUT2D eigenvalue weighted by molar-refractivity contribution is 0.0998. The van der Waals surface area contributed by atoms with Crippen LogP contribution in [0.5, 0.6) is 5.75 Å². The lowest BCUT2D eigenvalue weighted by atomic mass is 10.0. The van der Waals surface area contributed by atoms with Crippen LogP contribution in [0.2, 0.25) is 0 Å². The van der Waals surface area contributed by atoms with Gasteiger partial charge >= 0.3 is 0 Å². The smallest absolute Gasteiger partial charge is 0.279 e. The van der Waals surface area contributed by atoms with E-state index in [4.69, 9.17) is 4.74 Å². The van der Waals surface area contributed by atoms with Gasteiger partial charge in [0.2, 0.25) is 0 Å². The zero-order valence-corrected chi connectivity index (χ0v) is 16.6. The molecule has 1 amide bonds. The van der Waals surface area contributed by atoms with E-state index in [2.05, 4.69) is 17.1 Å². The summed E-state index contributed by atoms with van der Waals surface area (Å²) in [5.74, 6) is 0.530. The van der Waals surface area contributed by atoms with E-state index < -0.39 is 0 Å². The maximum atomic E-state index is 12.7. The van der Waals surface area contributed by atoms with Gasteiger partial charge in [-0.2, -0.15) is 4.99 Å². The number of thiazole rings is 1. The van der Waals surface area contributed by atoms with E-state index in [1.54, 1.807) is 7.11 Å². The quantitative estimate of drug-likeness (QED) is 0.514. The minimum atomic E-state index is -0.243. The summed E-state index contributed by atoms with van der Waals surface area (Å²) in [6.45, 7) is 0. The zero-order valence-electron chi connectivity index (χ0n) is 15.8. The molecule has 4 rings (SSSR count). The number of carbonyl (C=O) groups is 1. The molecule has 0 saturated carbocycles. The number of carbonyl (C=O) groups excluding carboxylic acids is 1. The van der Waals surface area contributed by atoms with Crippen LogP contribution in [0.25, 0.3) is 10.2 Å². The molecular weight excluding hydrogens is 368 g/mol. The topological polar surface area (TPSA) is 43.6 Å². The Bertz CT molecular complexity index is 1190. The van der Waals surface area contributed by atoms with Crippen LogP contribution in [0, 0.1) is 0 Å². The van der Waals surface area contributed by atoms with Crippen molar-refractivity contribution in [2.45, 2.75) is 6.42 Å². The molecule has 4 aromatic rings. The molecule has 0 aliphatic heterocycles. The summed E-state index contributed by atoms with van der Waals surface area (Å²) in [7, 11) is 3.54. The van der Waals surface area contributed by atoms with Gasteiger partial charge in [0.1, 0.15) is 11.3 Å². The fourth-order valence-corrected chi connectivity index (χ4v) is 4.22. The molecule has 0 fully saturated rings. The lowest BCUT2D eigenvalue weighted by Gasteiger charge is -2.03. The standard InChI is InChI=1S/C23H20N2O2S/c1-25-21-19(27-2)9-6-10-20(21)28-23(25)24-22(26)18-13-11-17(12-14-18)15-16-7-4-3-5-8-16/h3-14H,15H2,1-2H3. The number of amides is 1. The van der Waals surface area contributed by atoms with Gasteiger partial charge in [-0.1, -0.05) is 59.9 Å². The van der Waals surface area contributed by atoms with Gasteiger partial charge in [0.05, 0.1) is 11.8 Å². The molecule has 3 aromatic carbocycles. The summed E-state index contributed by atoms with van der Waals surface area (Å²) in [5.41, 5.74) is 3.94. The van der Waals surface area contributed by atoms with Gasteiger partial charge in [-0.05, 0) is 41.8 Å². The second-order valence-electron chi connectivity index (χ2n) is 6.53. The summed E-state index contributed by atoms with van der Waals surface area (Å²) >= 11 is 1.48. The van der Waals surface area contributed by atoms with Gasteiger partial charge in [0.15, 0.2) is 4.80 Å². The summed E-state index contributed by atoms with van der Waals surface area (Å²) in [5, 5.41) is 0. The number of nitrogens with zero attached hydrogens (tertiary/aromatic N) is 2. The second-order valence-corrected chi connectivity index (χ2v) is 7.54. The van der Waals surface area contributed by atoms with E-state index in [1.165, 1.54) is 22.5 Å². The van der Waals surface area contributed by atoms with Gasteiger partial charge in [-0.25, -0.2) is 0 Å². The molecule has 140 valence electrons. The van der Waals surface area contributed by atoms with Crippen molar-refractivity contribution in [2.24, 2.45) is 12.0 Å². The van der Waals surface area contributed by atoms with E-state index in [0.717, 1.165) is 22.4 Å². The summed E-state index contributed by atoms with van der Waals surface area (Å²) in [6, 6.07) is 23.8. The van der Waals surface area contributed by atoms with Gasteiger partial charge < -0.3 is 9.30 Å². The number of para-hydroxylation sites is 1. The van der Waals surface area contributed by atoms with Gasteiger partial charge in [0.25, 0.3) is 5.91 Å². The summed E-state index contributed by atoms with van der Waals surface area (Å²) < 4.78 is 8.37. The van der Waals surface area contributed by atoms with E-state index >= 15 is 0 Å². The summed E-state index contributed by atoms with van der Waals surface area (Å²) in [6.07, 6.45) is 0.845. The molecule has 0 N–H and O–H groups in total. The van der Waals surface area contributed by atoms with E-state index in [1.807, 2.05) is 72.3 Å². The fraction of sp³-hybridized carbons (Fsp3) is 0.130. The number of hydrogen-bond acceptors (Lipinski definition) is 3. The fourth-order valence-electron chi connectivity index (χ4n) is 3.19. The monoisotopic (exact) mass is 388 g/mol. The Labute approximate surface area is 167 Å². The van der Waals surface area contributed by atoms with Crippen LogP contribution in [0.1, 0.15) is 21.5 Å². The Morgan fingerprint density at radius 2 is 1.68 bits per heavy atom. The molecule has 0 bridgehead atoms. The highest BCUT2D eigenvalue weighted by Crippen LogP contribution is 2.26. The zero-order chi connectivity index (χ0) is 19.5. The molecule has 0 aliphatic carbocycles. The molecule has 4 nitrogen and oxygen atoms in total. The molecule has 28 heavy (non-hydrogen) atoms. The maximum Gasteiger partial charge on any atom is 0.279 e. The van der Waals surface area contributed by atoms with Crippen molar-refractivity contribution in [3.8, 4) is 5.75 Å². The van der Waals surface area contributed by atoms with Crippen molar-refractivity contribution in [1.82, 2.24) is 4.57 Å². The van der Waals surface area contributed by atoms with E-state index in [-0.39, 0.29) is 5.91 Å². The molecule has 0 aliphatic rings.